The van der Waals surface area contributed by atoms with E-state index in [0.717, 1.165) is 16.5 Å². The molecule has 12 nitrogen and oxygen atoms in total. The summed E-state index contributed by atoms with van der Waals surface area (Å²) in [6.07, 6.45) is 2.51. The zero-order valence-electron chi connectivity index (χ0n) is 20.7. The number of carbonyl (C=O) groups is 3. The number of carboxylic acids is 2. The van der Waals surface area contributed by atoms with Gasteiger partial charge in [-0.25, -0.2) is 4.79 Å². The summed E-state index contributed by atoms with van der Waals surface area (Å²) >= 11 is 0. The number of anilines is 2. The summed E-state index contributed by atoms with van der Waals surface area (Å²) in [4.78, 5) is 46.1. The Morgan fingerprint density at radius 3 is 2.43 bits per heavy atom. The van der Waals surface area contributed by atoms with Crippen molar-refractivity contribution in [1.82, 2.24) is 20.3 Å². The highest BCUT2D eigenvalue weighted by Crippen LogP contribution is 2.30. The van der Waals surface area contributed by atoms with Gasteiger partial charge in [-0.1, -0.05) is 12.1 Å². The van der Waals surface area contributed by atoms with Gasteiger partial charge in [-0.05, 0) is 56.4 Å². The second kappa shape index (κ2) is 12.2. The van der Waals surface area contributed by atoms with E-state index in [2.05, 4.69) is 20.3 Å². The number of H-pyrrole nitrogens is 1. The molecule has 0 radical (unpaired) electrons. The van der Waals surface area contributed by atoms with Gasteiger partial charge in [0.15, 0.2) is 0 Å². The standard InChI is InChI=1S/C25H32N6O6/c1-3-37-13(2)17(9-8-16-12-28-22-20(16)21(26)30-25(27)31-22)14-4-6-15(7-5-14)23(34)29-18(24(35)36)10-11-19(32)33/h4-7,12-13,17-18H,3,8-11H2,1-2H3,(H,29,34)(H,32,33)(H,35,36)(H5,26,27,28,30,31)/t13?,17?,18-/m0/s1. The number of aromatic nitrogens is 3. The van der Waals surface area contributed by atoms with E-state index in [1.165, 1.54) is 0 Å². The number of nitrogen functional groups attached to an aromatic ring is 2. The van der Waals surface area contributed by atoms with Crippen LogP contribution in [0.1, 0.15) is 60.5 Å². The fraction of sp³-hybridized carbons (Fsp3) is 0.400. The number of hydrogen-bond donors (Lipinski definition) is 6. The van der Waals surface area contributed by atoms with Gasteiger partial charge < -0.3 is 36.7 Å². The smallest absolute Gasteiger partial charge is 0.326 e. The molecule has 2 unspecified atom stereocenters. The lowest BCUT2D eigenvalue weighted by molar-refractivity contribution is -0.140. The molecule has 198 valence electrons. The first-order chi connectivity index (χ1) is 17.6. The molecule has 3 rings (SSSR count). The summed E-state index contributed by atoms with van der Waals surface area (Å²) in [5.41, 5.74) is 14.5. The molecule has 3 atom stereocenters. The number of hydrogen-bond acceptors (Lipinski definition) is 8. The number of benzene rings is 1. The van der Waals surface area contributed by atoms with E-state index in [1.54, 1.807) is 12.1 Å². The largest absolute Gasteiger partial charge is 0.481 e. The van der Waals surface area contributed by atoms with E-state index >= 15 is 0 Å². The predicted molar refractivity (Wildman–Crippen MR) is 137 cm³/mol. The molecule has 0 aliphatic rings. The maximum Gasteiger partial charge on any atom is 0.326 e. The summed E-state index contributed by atoms with van der Waals surface area (Å²) in [6, 6.07) is 5.57. The van der Waals surface area contributed by atoms with Gasteiger partial charge >= 0.3 is 11.9 Å². The Balaban J connectivity index is 1.76. The van der Waals surface area contributed by atoms with E-state index < -0.39 is 23.9 Å². The van der Waals surface area contributed by atoms with Crippen LogP contribution >= 0.6 is 0 Å². The topological polar surface area (TPSA) is 207 Å². The van der Waals surface area contributed by atoms with Crippen LogP contribution in [0.4, 0.5) is 11.8 Å². The second-order valence-electron chi connectivity index (χ2n) is 8.73. The minimum absolute atomic E-state index is 0.0136. The molecule has 3 aromatic rings. The van der Waals surface area contributed by atoms with Crippen LogP contribution in [-0.4, -0.2) is 61.8 Å². The Kier molecular flexibility index (Phi) is 9.01. The van der Waals surface area contributed by atoms with Gasteiger partial charge in [0.25, 0.3) is 5.91 Å². The Morgan fingerprint density at radius 2 is 1.81 bits per heavy atom. The quantitative estimate of drug-likeness (QED) is 0.197. The first kappa shape index (κ1) is 27.4. The number of carboxylic acid groups (broad SMARTS) is 2. The molecule has 0 aliphatic carbocycles. The Bertz CT molecular complexity index is 1260. The van der Waals surface area contributed by atoms with Gasteiger partial charge in [0.1, 0.15) is 17.5 Å². The molecule has 0 saturated carbocycles. The molecule has 1 amide bonds. The molecular formula is C25H32N6O6. The van der Waals surface area contributed by atoms with Crippen molar-refractivity contribution in [1.29, 1.82) is 0 Å². The number of nitrogens with two attached hydrogens (primary N) is 2. The number of aromatic amines is 1. The van der Waals surface area contributed by atoms with Crippen molar-refractivity contribution in [2.24, 2.45) is 0 Å². The average molecular weight is 513 g/mol. The van der Waals surface area contributed by atoms with Crippen LogP contribution in [0.5, 0.6) is 0 Å². The van der Waals surface area contributed by atoms with Crippen LogP contribution in [0.2, 0.25) is 0 Å². The van der Waals surface area contributed by atoms with E-state index in [1.807, 2.05) is 32.2 Å². The average Bonchev–Trinajstić information content (AvgIpc) is 3.25. The van der Waals surface area contributed by atoms with E-state index in [-0.39, 0.29) is 36.4 Å². The highest BCUT2D eigenvalue weighted by molar-refractivity contribution is 5.96. The molecule has 2 aromatic heterocycles. The van der Waals surface area contributed by atoms with Gasteiger partial charge in [0, 0.05) is 30.7 Å². The molecular weight excluding hydrogens is 480 g/mol. The molecule has 12 heteroatoms. The predicted octanol–water partition coefficient (Wildman–Crippen LogP) is 2.31. The van der Waals surface area contributed by atoms with Gasteiger partial charge in [0.2, 0.25) is 5.95 Å². The van der Waals surface area contributed by atoms with Crippen LogP contribution in [0.15, 0.2) is 30.5 Å². The molecule has 0 bridgehead atoms. The Morgan fingerprint density at radius 1 is 1.11 bits per heavy atom. The number of fused-ring (bicyclic) bond motifs is 1. The molecule has 0 aliphatic heterocycles. The van der Waals surface area contributed by atoms with Crippen molar-refractivity contribution < 1.29 is 29.3 Å². The maximum absolute atomic E-state index is 12.6. The highest BCUT2D eigenvalue weighted by atomic mass is 16.5. The molecule has 0 fully saturated rings. The Labute approximate surface area is 213 Å². The minimum Gasteiger partial charge on any atom is -0.481 e. The number of ether oxygens (including phenoxy) is 1. The molecule has 1 aromatic carbocycles. The maximum atomic E-state index is 12.6. The zero-order chi connectivity index (χ0) is 27.1. The van der Waals surface area contributed by atoms with E-state index in [9.17, 15) is 19.5 Å². The van der Waals surface area contributed by atoms with Crippen LogP contribution in [0, 0.1) is 0 Å². The van der Waals surface area contributed by atoms with Crippen molar-refractivity contribution in [2.45, 2.75) is 57.6 Å². The van der Waals surface area contributed by atoms with Gasteiger partial charge in [-0.3, -0.25) is 9.59 Å². The van der Waals surface area contributed by atoms with Crippen LogP contribution in [0.25, 0.3) is 11.0 Å². The fourth-order valence-electron chi connectivity index (χ4n) is 4.35. The number of carbonyl (C=O) groups excluding carboxylic acids is 1. The summed E-state index contributed by atoms with van der Waals surface area (Å²) in [6.45, 7) is 4.45. The lowest BCUT2D eigenvalue weighted by atomic mass is 9.87. The molecule has 0 spiro atoms. The third-order valence-electron chi connectivity index (χ3n) is 6.23. The van der Waals surface area contributed by atoms with Crippen molar-refractivity contribution in [3.8, 4) is 0 Å². The lowest BCUT2D eigenvalue weighted by Crippen LogP contribution is -2.41. The minimum atomic E-state index is -1.29. The number of nitrogens with zero attached hydrogens (tertiary/aromatic N) is 2. The number of rotatable bonds is 13. The van der Waals surface area contributed by atoms with Gasteiger partial charge in [-0.2, -0.15) is 9.97 Å². The molecule has 2 heterocycles. The fourth-order valence-corrected chi connectivity index (χ4v) is 4.35. The first-order valence-corrected chi connectivity index (χ1v) is 12.0. The van der Waals surface area contributed by atoms with Crippen molar-refractivity contribution in [3.63, 3.8) is 0 Å². The zero-order valence-corrected chi connectivity index (χ0v) is 20.7. The molecule has 37 heavy (non-hydrogen) atoms. The third-order valence-corrected chi connectivity index (χ3v) is 6.23. The van der Waals surface area contributed by atoms with Crippen LogP contribution in [0.3, 0.4) is 0 Å². The second-order valence-corrected chi connectivity index (χ2v) is 8.73. The van der Waals surface area contributed by atoms with Crippen molar-refractivity contribution >= 4 is 40.6 Å². The normalized spacial score (nSPS) is 13.7. The van der Waals surface area contributed by atoms with Crippen molar-refractivity contribution in [2.75, 3.05) is 18.1 Å². The lowest BCUT2D eigenvalue weighted by Gasteiger charge is -2.25. The van der Waals surface area contributed by atoms with E-state index in [0.29, 0.717) is 30.9 Å². The van der Waals surface area contributed by atoms with Crippen LogP contribution in [-0.2, 0) is 20.7 Å². The highest BCUT2D eigenvalue weighted by Gasteiger charge is 2.24. The monoisotopic (exact) mass is 512 g/mol. The summed E-state index contributed by atoms with van der Waals surface area (Å²) in [7, 11) is 0. The summed E-state index contributed by atoms with van der Waals surface area (Å²) < 4.78 is 5.89. The molecule has 0 saturated heterocycles. The number of amides is 1. The number of aliphatic carboxylic acids is 2. The first-order valence-electron chi connectivity index (χ1n) is 12.0. The summed E-state index contributed by atoms with van der Waals surface area (Å²) in [5, 5.41) is 21.2. The van der Waals surface area contributed by atoms with E-state index in [4.69, 9.17) is 21.3 Å². The SMILES string of the molecule is CCOC(C)C(CCc1c[nH]c2nc(N)nc(N)c12)c1ccc(C(=O)N[C@@H](CCC(=O)O)C(=O)O)cc1. The van der Waals surface area contributed by atoms with Crippen molar-refractivity contribution in [3.05, 3.63) is 47.2 Å². The third kappa shape index (κ3) is 6.94. The van der Waals surface area contributed by atoms with Gasteiger partial charge in [0.05, 0.1) is 11.5 Å². The van der Waals surface area contributed by atoms with Crippen LogP contribution < -0.4 is 16.8 Å². The molecule has 8 N–H and O–H groups in total. The summed E-state index contributed by atoms with van der Waals surface area (Å²) in [5.74, 6) is -2.62. The van der Waals surface area contributed by atoms with Gasteiger partial charge in [-0.15, -0.1) is 0 Å². The Hall–Kier alpha value is -4.19. The number of nitrogens with one attached hydrogen (secondary N) is 2. The number of aryl methyl sites for hydroxylation is 1.